The molecule has 2 aliphatic rings. The fourth-order valence-electron chi connectivity index (χ4n) is 4.06. The number of alkyl carbamates (subject to hydrolysis) is 1. The highest BCUT2D eigenvalue weighted by molar-refractivity contribution is 5.78. The summed E-state index contributed by atoms with van der Waals surface area (Å²) >= 11 is 0. The predicted octanol–water partition coefficient (Wildman–Crippen LogP) is 4.10. The molecule has 5 rings (SSSR count). The molecule has 0 unspecified atom stereocenters. The standard InChI is InChI=1S/C26H29N7O4/c1-25(2,3)37-24(34)30-14-26(7-8-26)15-36-19-5-4-16-6-9-35-23(16)22(19)18-10-20(33-32-18)31-21-13-28-17(11-27)12-29-21/h4-5,10,12-13H,6-9,14-15H2,1-3H3,(H,30,34)(H2,29,31,32,33). The summed E-state index contributed by atoms with van der Waals surface area (Å²) in [6.07, 6.45) is 5.20. The molecule has 37 heavy (non-hydrogen) atoms. The third-order valence-corrected chi connectivity index (χ3v) is 6.19. The molecule has 1 aliphatic heterocycles. The number of aromatic amines is 1. The van der Waals surface area contributed by atoms with E-state index in [1.165, 1.54) is 12.4 Å². The lowest BCUT2D eigenvalue weighted by atomic mass is 10.0. The van der Waals surface area contributed by atoms with Crippen LogP contribution in [0.25, 0.3) is 11.3 Å². The fraction of sp³-hybridized carbons (Fsp3) is 0.423. The van der Waals surface area contributed by atoms with Gasteiger partial charge in [0.25, 0.3) is 0 Å². The summed E-state index contributed by atoms with van der Waals surface area (Å²) < 4.78 is 17.7. The van der Waals surface area contributed by atoms with Crippen LogP contribution in [0.5, 0.6) is 11.5 Å². The molecule has 1 saturated carbocycles. The highest BCUT2D eigenvalue weighted by Gasteiger charge is 2.44. The number of fused-ring (bicyclic) bond motifs is 1. The van der Waals surface area contributed by atoms with Crippen molar-refractivity contribution in [2.75, 3.05) is 25.1 Å². The second-order valence-electron chi connectivity index (χ2n) is 10.4. The van der Waals surface area contributed by atoms with Crippen molar-refractivity contribution in [3.05, 3.63) is 41.9 Å². The predicted molar refractivity (Wildman–Crippen MR) is 135 cm³/mol. The number of carbonyl (C=O) groups is 1. The molecule has 1 fully saturated rings. The van der Waals surface area contributed by atoms with E-state index < -0.39 is 11.7 Å². The molecular weight excluding hydrogens is 474 g/mol. The van der Waals surface area contributed by atoms with Gasteiger partial charge >= 0.3 is 6.09 Å². The van der Waals surface area contributed by atoms with Crippen LogP contribution in [-0.2, 0) is 11.2 Å². The summed E-state index contributed by atoms with van der Waals surface area (Å²) in [5, 5.41) is 22.3. The first-order chi connectivity index (χ1) is 17.7. The zero-order valence-electron chi connectivity index (χ0n) is 21.1. The number of nitriles is 1. The number of benzene rings is 1. The zero-order valence-corrected chi connectivity index (χ0v) is 21.1. The summed E-state index contributed by atoms with van der Waals surface area (Å²) in [4.78, 5) is 20.3. The molecule has 0 radical (unpaired) electrons. The van der Waals surface area contributed by atoms with E-state index in [1.54, 1.807) is 0 Å². The monoisotopic (exact) mass is 503 g/mol. The molecule has 11 nitrogen and oxygen atoms in total. The first kappa shape index (κ1) is 24.4. The summed E-state index contributed by atoms with van der Waals surface area (Å²) in [6, 6.07) is 7.78. The SMILES string of the molecule is CC(C)(C)OC(=O)NCC1(COc2ccc3c(c2-c2cc(Nc4cnc(C#N)cn4)n[nH]2)OCC3)CC1. The summed E-state index contributed by atoms with van der Waals surface area (Å²) in [7, 11) is 0. The molecule has 0 saturated heterocycles. The number of carbonyl (C=O) groups excluding carboxylic acids is 1. The smallest absolute Gasteiger partial charge is 0.407 e. The Morgan fingerprint density at radius 3 is 2.78 bits per heavy atom. The van der Waals surface area contributed by atoms with Crippen molar-refractivity contribution < 1.29 is 19.0 Å². The Kier molecular flexibility index (Phi) is 6.33. The van der Waals surface area contributed by atoms with E-state index in [0.29, 0.717) is 37.1 Å². The topological polar surface area (TPSA) is 147 Å². The Hall–Kier alpha value is -4.33. The number of aromatic nitrogens is 4. The third-order valence-electron chi connectivity index (χ3n) is 6.19. The molecule has 1 aliphatic carbocycles. The van der Waals surface area contributed by atoms with Crippen LogP contribution in [-0.4, -0.2) is 51.6 Å². The van der Waals surface area contributed by atoms with Gasteiger partial charge < -0.3 is 24.8 Å². The minimum atomic E-state index is -0.541. The Labute approximate surface area is 214 Å². The van der Waals surface area contributed by atoms with E-state index in [1.807, 2.05) is 45.0 Å². The van der Waals surface area contributed by atoms with Gasteiger partial charge in [0.2, 0.25) is 0 Å². The second kappa shape index (κ2) is 9.61. The van der Waals surface area contributed by atoms with Crippen LogP contribution >= 0.6 is 0 Å². The van der Waals surface area contributed by atoms with Gasteiger partial charge in [-0.15, -0.1) is 0 Å². The van der Waals surface area contributed by atoms with E-state index in [0.717, 1.165) is 41.8 Å². The van der Waals surface area contributed by atoms with E-state index in [4.69, 9.17) is 19.5 Å². The summed E-state index contributed by atoms with van der Waals surface area (Å²) in [6.45, 7) is 7.07. The Bertz CT molecular complexity index is 1330. The summed E-state index contributed by atoms with van der Waals surface area (Å²) in [5.74, 6) is 2.46. The number of anilines is 2. The quantitative estimate of drug-likeness (QED) is 0.413. The molecule has 0 bridgehead atoms. The van der Waals surface area contributed by atoms with Crippen LogP contribution in [0.15, 0.2) is 30.6 Å². The Balaban J connectivity index is 1.30. The molecule has 1 amide bonds. The van der Waals surface area contributed by atoms with E-state index in [-0.39, 0.29) is 11.1 Å². The maximum absolute atomic E-state index is 12.1. The molecule has 0 spiro atoms. The number of amides is 1. The molecule has 3 heterocycles. The first-order valence-electron chi connectivity index (χ1n) is 12.2. The van der Waals surface area contributed by atoms with Crippen LogP contribution in [0, 0.1) is 16.7 Å². The van der Waals surface area contributed by atoms with Gasteiger partial charge in [0, 0.05) is 24.4 Å². The maximum atomic E-state index is 12.1. The second-order valence-corrected chi connectivity index (χ2v) is 10.4. The van der Waals surface area contributed by atoms with E-state index in [2.05, 4.69) is 30.8 Å². The van der Waals surface area contributed by atoms with E-state index in [9.17, 15) is 4.79 Å². The highest BCUT2D eigenvalue weighted by atomic mass is 16.6. The minimum Gasteiger partial charge on any atom is -0.492 e. The van der Waals surface area contributed by atoms with Crippen molar-refractivity contribution in [2.24, 2.45) is 5.41 Å². The van der Waals surface area contributed by atoms with Gasteiger partial charge in [0.1, 0.15) is 29.0 Å². The normalized spacial score (nSPS) is 15.2. The van der Waals surface area contributed by atoms with Gasteiger partial charge in [-0.05, 0) is 45.2 Å². The maximum Gasteiger partial charge on any atom is 0.407 e. The van der Waals surface area contributed by atoms with Crippen molar-refractivity contribution in [3.63, 3.8) is 0 Å². The van der Waals surface area contributed by atoms with E-state index >= 15 is 0 Å². The molecule has 3 N–H and O–H groups in total. The Morgan fingerprint density at radius 2 is 2.08 bits per heavy atom. The number of nitrogens with zero attached hydrogens (tertiary/aromatic N) is 4. The van der Waals surface area contributed by atoms with Crippen molar-refractivity contribution in [1.82, 2.24) is 25.5 Å². The third kappa shape index (κ3) is 5.74. The van der Waals surface area contributed by atoms with Crippen LogP contribution in [0.1, 0.15) is 44.9 Å². The number of hydrogen-bond donors (Lipinski definition) is 3. The van der Waals surface area contributed by atoms with Crippen LogP contribution < -0.4 is 20.1 Å². The summed E-state index contributed by atoms with van der Waals surface area (Å²) in [5.41, 5.74) is 2.22. The lowest BCUT2D eigenvalue weighted by molar-refractivity contribution is 0.0509. The van der Waals surface area contributed by atoms with Gasteiger partial charge in [-0.1, -0.05) is 6.07 Å². The lowest BCUT2D eigenvalue weighted by Crippen LogP contribution is -2.37. The molecule has 11 heteroatoms. The number of nitrogens with one attached hydrogen (secondary N) is 3. The molecule has 0 atom stereocenters. The lowest BCUT2D eigenvalue weighted by Gasteiger charge is -2.22. The fourth-order valence-corrected chi connectivity index (χ4v) is 4.06. The van der Waals surface area contributed by atoms with Crippen molar-refractivity contribution >= 4 is 17.7 Å². The molecule has 2 aromatic heterocycles. The molecular formula is C26H29N7O4. The van der Waals surface area contributed by atoms with Gasteiger partial charge in [0.05, 0.1) is 36.9 Å². The van der Waals surface area contributed by atoms with Crippen LogP contribution in [0.2, 0.25) is 0 Å². The number of ether oxygens (including phenoxy) is 3. The van der Waals surface area contributed by atoms with Crippen molar-refractivity contribution in [3.8, 4) is 28.8 Å². The van der Waals surface area contributed by atoms with Gasteiger partial charge in [0.15, 0.2) is 11.5 Å². The number of hydrogen-bond acceptors (Lipinski definition) is 9. The van der Waals surface area contributed by atoms with Crippen LogP contribution in [0.3, 0.4) is 0 Å². The average Bonchev–Trinajstić information content (AvgIpc) is 3.23. The Morgan fingerprint density at radius 1 is 1.24 bits per heavy atom. The zero-order chi connectivity index (χ0) is 26.0. The minimum absolute atomic E-state index is 0.122. The largest absolute Gasteiger partial charge is 0.492 e. The van der Waals surface area contributed by atoms with Gasteiger partial charge in [-0.2, -0.15) is 10.4 Å². The van der Waals surface area contributed by atoms with Gasteiger partial charge in [-0.3, -0.25) is 5.10 Å². The first-order valence-corrected chi connectivity index (χ1v) is 12.2. The van der Waals surface area contributed by atoms with Crippen molar-refractivity contribution in [1.29, 1.82) is 5.26 Å². The van der Waals surface area contributed by atoms with Crippen LogP contribution in [0.4, 0.5) is 16.4 Å². The molecule has 1 aromatic carbocycles. The number of rotatable bonds is 8. The number of H-pyrrole nitrogens is 1. The molecule has 3 aromatic rings. The average molecular weight is 504 g/mol. The van der Waals surface area contributed by atoms with Crippen molar-refractivity contribution in [2.45, 2.75) is 45.6 Å². The van der Waals surface area contributed by atoms with Gasteiger partial charge in [-0.25, -0.2) is 14.8 Å². The highest BCUT2D eigenvalue weighted by Crippen LogP contribution is 2.48. The molecule has 192 valence electrons.